The molecule has 2 spiro atoms. The molecule has 2 amide bonds. The Bertz CT molecular complexity index is 2350. The zero-order chi connectivity index (χ0) is 36.4. The monoisotopic (exact) mass is 727 g/mol. The van der Waals surface area contributed by atoms with E-state index in [-0.39, 0.29) is 29.0 Å². The van der Waals surface area contributed by atoms with Crippen molar-refractivity contribution in [3.05, 3.63) is 73.2 Å². The lowest BCUT2D eigenvalue weighted by Gasteiger charge is -2.44. The molecule has 0 unspecified atom stereocenters. The first kappa shape index (κ1) is 33.1. The van der Waals surface area contributed by atoms with Crippen LogP contribution < -0.4 is 9.80 Å². The third-order valence-corrected chi connectivity index (χ3v) is 12.6. The van der Waals surface area contributed by atoms with Crippen LogP contribution in [-0.4, -0.2) is 118 Å². The summed E-state index contributed by atoms with van der Waals surface area (Å²) in [6.07, 6.45) is 16.1. The summed E-state index contributed by atoms with van der Waals surface area (Å²) < 4.78 is 0. The number of carbonyl (C=O) groups excluding carboxylic acids is 2. The molecule has 3 aliphatic carbocycles. The summed E-state index contributed by atoms with van der Waals surface area (Å²) in [7, 11) is 0. The Morgan fingerprint density at radius 1 is 0.667 bits per heavy atom. The van der Waals surface area contributed by atoms with Gasteiger partial charge in [0, 0.05) is 80.2 Å². The van der Waals surface area contributed by atoms with Gasteiger partial charge >= 0.3 is 0 Å². The second-order valence-electron chi connectivity index (χ2n) is 15.9. The third kappa shape index (κ3) is 5.74. The average Bonchev–Trinajstić information content (AvgIpc) is 3.85. The minimum absolute atomic E-state index is 0.0149. The van der Waals surface area contributed by atoms with Crippen LogP contribution in [0.2, 0.25) is 0 Å². The van der Waals surface area contributed by atoms with E-state index in [0.717, 1.165) is 134 Å². The molecule has 2 aliphatic heterocycles. The number of carbonyl (C=O) groups is 2. The van der Waals surface area contributed by atoms with Gasteiger partial charge in [-0.25, -0.2) is 19.9 Å². The number of hydrogen-bond acceptors (Lipinski definition) is 9. The molecule has 54 heavy (non-hydrogen) atoms. The summed E-state index contributed by atoms with van der Waals surface area (Å²) in [5.41, 5.74) is 3.45. The topological polar surface area (TPSA) is 166 Å². The zero-order valence-corrected chi connectivity index (χ0v) is 30.2. The van der Waals surface area contributed by atoms with Crippen molar-refractivity contribution in [3.8, 4) is 0 Å². The van der Waals surface area contributed by atoms with E-state index in [9.17, 15) is 14.7 Å². The van der Waals surface area contributed by atoms with Crippen molar-refractivity contribution in [3.63, 3.8) is 0 Å². The van der Waals surface area contributed by atoms with Crippen LogP contribution in [0.5, 0.6) is 0 Å². The highest BCUT2D eigenvalue weighted by Crippen LogP contribution is 2.47. The minimum atomic E-state index is -0.215. The van der Waals surface area contributed by atoms with Crippen molar-refractivity contribution in [2.24, 2.45) is 5.92 Å². The minimum Gasteiger partial charge on any atom is -0.393 e. The van der Waals surface area contributed by atoms with Gasteiger partial charge in [-0.3, -0.25) is 9.59 Å². The predicted molar refractivity (Wildman–Crippen MR) is 205 cm³/mol. The van der Waals surface area contributed by atoms with Gasteiger partial charge in [-0.1, -0.05) is 0 Å². The first-order chi connectivity index (χ1) is 26.4. The van der Waals surface area contributed by atoms with Crippen LogP contribution in [0, 0.1) is 5.92 Å². The average molecular weight is 728 g/mol. The summed E-state index contributed by atoms with van der Waals surface area (Å²) in [6.45, 7) is 4.72. The Morgan fingerprint density at radius 3 is 1.85 bits per heavy atom. The van der Waals surface area contributed by atoms with Crippen molar-refractivity contribution in [2.45, 2.75) is 68.5 Å². The van der Waals surface area contributed by atoms with E-state index in [2.05, 4.69) is 54.5 Å². The van der Waals surface area contributed by atoms with Gasteiger partial charge in [-0.05, 0) is 87.8 Å². The maximum Gasteiger partial charge on any atom is 0.254 e. The Kier molecular flexibility index (Phi) is 7.86. The van der Waals surface area contributed by atoms with Gasteiger partial charge in [0.15, 0.2) is 0 Å². The number of benzene rings is 1. The fourth-order valence-corrected chi connectivity index (χ4v) is 9.23. The highest BCUT2D eigenvalue weighted by Gasteiger charge is 2.55. The molecule has 0 bridgehead atoms. The lowest BCUT2D eigenvalue weighted by molar-refractivity contribution is -0.141. The number of aromatic amines is 3. The van der Waals surface area contributed by atoms with Gasteiger partial charge in [0.05, 0.1) is 28.0 Å². The number of aliphatic hydroxyl groups excluding tert-OH is 1. The second kappa shape index (κ2) is 12.8. The molecule has 5 aliphatic rings. The van der Waals surface area contributed by atoms with Crippen LogP contribution in [0.25, 0.3) is 33.0 Å². The van der Waals surface area contributed by atoms with Gasteiger partial charge < -0.3 is 39.7 Å². The Hall–Kier alpha value is -5.50. The van der Waals surface area contributed by atoms with E-state index in [0.29, 0.717) is 12.5 Å². The second-order valence-corrected chi connectivity index (χ2v) is 15.9. The Labute approximate surface area is 312 Å². The number of nitrogens with zero attached hydrogens (tertiary/aromatic N) is 8. The molecule has 6 aromatic rings. The van der Waals surface area contributed by atoms with E-state index in [1.807, 2.05) is 55.0 Å². The third-order valence-electron chi connectivity index (χ3n) is 12.6. The number of piperazine rings is 2. The number of rotatable bonds is 4. The molecule has 278 valence electrons. The number of anilines is 2. The van der Waals surface area contributed by atoms with Crippen molar-refractivity contribution in [1.82, 2.24) is 44.7 Å². The zero-order valence-electron chi connectivity index (χ0n) is 30.2. The first-order valence-corrected chi connectivity index (χ1v) is 19.3. The smallest absolute Gasteiger partial charge is 0.254 e. The van der Waals surface area contributed by atoms with E-state index in [4.69, 9.17) is 0 Å². The highest BCUT2D eigenvalue weighted by molar-refractivity contribution is 5.99. The molecule has 5 aromatic heterocycles. The molecule has 0 radical (unpaired) electrons. The number of aliphatic hydroxyl groups is 1. The molecule has 5 fully saturated rings. The summed E-state index contributed by atoms with van der Waals surface area (Å²) in [5, 5.41) is 12.9. The number of aromatic nitrogens is 7. The maximum absolute atomic E-state index is 13.3. The van der Waals surface area contributed by atoms with Crippen LogP contribution in [0.15, 0.2) is 67.6 Å². The molecular weight excluding hydrogens is 683 g/mol. The van der Waals surface area contributed by atoms with Crippen LogP contribution in [-0.2, 0) is 4.79 Å². The largest absolute Gasteiger partial charge is 0.393 e. The van der Waals surface area contributed by atoms with Crippen molar-refractivity contribution < 1.29 is 14.7 Å². The van der Waals surface area contributed by atoms with Crippen molar-refractivity contribution >= 4 is 56.4 Å². The number of fused-ring (bicyclic) bond motifs is 3. The lowest BCUT2D eigenvalue weighted by Crippen LogP contribution is -2.58. The van der Waals surface area contributed by atoms with Gasteiger partial charge in [0.1, 0.15) is 35.6 Å². The molecular formula is C40H45N11O3. The molecule has 11 rings (SSSR count). The van der Waals surface area contributed by atoms with Gasteiger partial charge in [0.2, 0.25) is 5.91 Å². The summed E-state index contributed by atoms with van der Waals surface area (Å²) in [5.74, 6) is 2.46. The fourth-order valence-electron chi connectivity index (χ4n) is 9.23. The number of hydrogen-bond donors (Lipinski definition) is 4. The number of amides is 2. The maximum atomic E-state index is 13.3. The molecule has 1 aromatic carbocycles. The van der Waals surface area contributed by atoms with Crippen molar-refractivity contribution in [2.75, 3.05) is 49.1 Å². The van der Waals surface area contributed by atoms with E-state index in [1.54, 1.807) is 12.7 Å². The normalized spacial score (nSPS) is 22.9. The summed E-state index contributed by atoms with van der Waals surface area (Å²) in [4.78, 5) is 62.4. The number of nitrogens with one attached hydrogen (secondary N) is 3. The SMILES string of the molecule is O=C(C1CCC(O)CC1)N1CCN(c2ncnc3[nH]ccc23)CC12CC2.O=C(c1ccc2[nH]ccc2c1)N1CCN(c2ncnc3[nH]ccc23)CC12CC2. The van der Waals surface area contributed by atoms with Crippen molar-refractivity contribution in [1.29, 1.82) is 0 Å². The Balaban J connectivity index is 0.000000134. The molecule has 2 saturated heterocycles. The van der Waals surface area contributed by atoms with E-state index < -0.39 is 0 Å². The molecule has 4 N–H and O–H groups in total. The van der Waals surface area contributed by atoms with Crippen LogP contribution >= 0.6 is 0 Å². The fraction of sp³-hybridized carbons (Fsp3) is 0.450. The number of H-pyrrole nitrogens is 3. The van der Waals surface area contributed by atoms with E-state index in [1.165, 1.54) is 0 Å². The molecule has 14 nitrogen and oxygen atoms in total. The lowest BCUT2D eigenvalue weighted by atomic mass is 9.86. The van der Waals surface area contributed by atoms with Crippen LogP contribution in [0.3, 0.4) is 0 Å². The highest BCUT2D eigenvalue weighted by atomic mass is 16.3. The standard InChI is InChI=1S/C21H20N6O.C19H25N5O2/c28-20(15-1-2-17-14(11-15)3-7-22-17)27-10-9-26(12-21(27)5-6-21)19-16-4-8-23-18(16)24-13-25-19;25-14-3-1-13(2-4-14)18(26)24-10-9-23(11-19(24)6-7-19)17-15-5-8-20-16(15)21-12-22-17/h1-4,7-8,11,13,22H,5-6,9-10,12H2,(H,23,24,25);5,8,12-14,25H,1-4,6-7,9-11H2,(H,20,21,22). The predicted octanol–water partition coefficient (Wildman–Crippen LogP) is 4.62. The van der Waals surface area contributed by atoms with Crippen LogP contribution in [0.4, 0.5) is 11.6 Å². The molecule has 3 saturated carbocycles. The van der Waals surface area contributed by atoms with E-state index >= 15 is 0 Å². The molecule has 14 heteroatoms. The van der Waals surface area contributed by atoms with Gasteiger partial charge in [-0.15, -0.1) is 0 Å². The molecule has 0 atom stereocenters. The summed E-state index contributed by atoms with van der Waals surface area (Å²) >= 11 is 0. The summed E-state index contributed by atoms with van der Waals surface area (Å²) in [6, 6.07) is 12.0. The first-order valence-electron chi connectivity index (χ1n) is 19.3. The quantitative estimate of drug-likeness (QED) is 0.203. The Morgan fingerprint density at radius 2 is 1.24 bits per heavy atom. The van der Waals surface area contributed by atoms with Gasteiger partial charge in [-0.2, -0.15) is 0 Å². The van der Waals surface area contributed by atoms with Crippen LogP contribution in [0.1, 0.15) is 61.7 Å². The van der Waals surface area contributed by atoms with Gasteiger partial charge in [0.25, 0.3) is 5.91 Å². The molecule has 7 heterocycles.